The van der Waals surface area contributed by atoms with Gasteiger partial charge >= 0.3 is 0 Å². The van der Waals surface area contributed by atoms with Crippen LogP contribution in [0.25, 0.3) is 11.2 Å². The van der Waals surface area contributed by atoms with Crippen LogP contribution in [0.1, 0.15) is 35.3 Å². The fourth-order valence-corrected chi connectivity index (χ4v) is 4.24. The Morgan fingerprint density at radius 3 is 2.55 bits per heavy atom. The number of nitrogens with zero attached hydrogens (tertiary/aromatic N) is 5. The lowest BCUT2D eigenvalue weighted by atomic mass is 10.1. The van der Waals surface area contributed by atoms with Crippen LogP contribution in [0, 0.1) is 6.92 Å². The molecule has 2 saturated heterocycles. The Morgan fingerprint density at radius 2 is 1.77 bits per heavy atom. The molecule has 8 heteroatoms. The SMILES string of the molecule is Cc1ccc2oc(N3CCCN(C(=O)c4ccc(N5CCCC5=O)cc4)CC3)nc2n1. The number of carbonyl (C=O) groups excluding carboxylic acids is 2. The van der Waals surface area contributed by atoms with E-state index < -0.39 is 0 Å². The number of amides is 2. The Bertz CT molecular complexity index is 1120. The Balaban J connectivity index is 1.26. The molecule has 4 heterocycles. The molecule has 0 radical (unpaired) electrons. The molecule has 0 bridgehead atoms. The molecular weight excluding hydrogens is 394 g/mol. The molecule has 2 aromatic heterocycles. The largest absolute Gasteiger partial charge is 0.422 e. The van der Waals surface area contributed by atoms with Crippen molar-refractivity contribution in [2.24, 2.45) is 0 Å². The molecule has 0 spiro atoms. The Labute approximate surface area is 180 Å². The second-order valence-electron chi connectivity index (χ2n) is 8.10. The minimum atomic E-state index is 0.0102. The smallest absolute Gasteiger partial charge is 0.300 e. The maximum atomic E-state index is 13.0. The van der Waals surface area contributed by atoms with E-state index in [0.29, 0.717) is 48.9 Å². The van der Waals surface area contributed by atoms with Crippen LogP contribution < -0.4 is 9.80 Å². The molecule has 2 amide bonds. The lowest BCUT2D eigenvalue weighted by molar-refractivity contribution is -0.117. The molecule has 2 aliphatic rings. The number of aromatic nitrogens is 2. The van der Waals surface area contributed by atoms with Crippen molar-refractivity contribution in [2.75, 3.05) is 42.5 Å². The number of carbonyl (C=O) groups is 2. The highest BCUT2D eigenvalue weighted by molar-refractivity contribution is 5.97. The lowest BCUT2D eigenvalue weighted by Gasteiger charge is -2.22. The molecule has 8 nitrogen and oxygen atoms in total. The summed E-state index contributed by atoms with van der Waals surface area (Å²) in [5.74, 6) is 0.159. The van der Waals surface area contributed by atoms with Gasteiger partial charge in [0.1, 0.15) is 0 Å². The van der Waals surface area contributed by atoms with Crippen LogP contribution in [0.5, 0.6) is 0 Å². The van der Waals surface area contributed by atoms with Crippen molar-refractivity contribution in [3.05, 3.63) is 47.7 Å². The highest BCUT2D eigenvalue weighted by Gasteiger charge is 2.25. The number of hydrogen-bond donors (Lipinski definition) is 0. The van der Waals surface area contributed by atoms with Gasteiger partial charge in [-0.1, -0.05) is 0 Å². The van der Waals surface area contributed by atoms with Gasteiger partial charge < -0.3 is 19.1 Å². The Morgan fingerprint density at radius 1 is 0.935 bits per heavy atom. The van der Waals surface area contributed by atoms with Gasteiger partial charge in [0.25, 0.3) is 11.9 Å². The van der Waals surface area contributed by atoms with Crippen LogP contribution in [0.2, 0.25) is 0 Å². The summed E-state index contributed by atoms with van der Waals surface area (Å²) in [5.41, 5.74) is 3.70. The molecule has 0 atom stereocenters. The zero-order chi connectivity index (χ0) is 21.4. The van der Waals surface area contributed by atoms with E-state index in [1.165, 1.54) is 0 Å². The molecule has 31 heavy (non-hydrogen) atoms. The van der Waals surface area contributed by atoms with Crippen molar-refractivity contribution in [1.82, 2.24) is 14.9 Å². The number of rotatable bonds is 3. The summed E-state index contributed by atoms with van der Waals surface area (Å²) in [7, 11) is 0. The van der Waals surface area contributed by atoms with E-state index in [1.807, 2.05) is 48.2 Å². The number of pyridine rings is 1. The molecule has 1 aromatic carbocycles. The number of benzene rings is 1. The summed E-state index contributed by atoms with van der Waals surface area (Å²) in [6.07, 6.45) is 2.32. The van der Waals surface area contributed by atoms with Gasteiger partial charge in [0.2, 0.25) is 11.6 Å². The molecule has 2 aliphatic heterocycles. The molecule has 0 aliphatic carbocycles. The maximum absolute atomic E-state index is 13.0. The number of anilines is 2. The van der Waals surface area contributed by atoms with Crippen LogP contribution in [0.4, 0.5) is 11.7 Å². The van der Waals surface area contributed by atoms with Gasteiger partial charge in [-0.3, -0.25) is 9.59 Å². The minimum Gasteiger partial charge on any atom is -0.422 e. The highest BCUT2D eigenvalue weighted by Crippen LogP contribution is 2.24. The lowest BCUT2D eigenvalue weighted by Crippen LogP contribution is -2.35. The molecule has 3 aromatic rings. The average Bonchev–Trinajstić information content (AvgIpc) is 3.31. The molecule has 2 fully saturated rings. The first-order valence-corrected chi connectivity index (χ1v) is 10.8. The Kier molecular flexibility index (Phi) is 5.05. The summed E-state index contributed by atoms with van der Waals surface area (Å²) in [4.78, 5) is 39.7. The van der Waals surface area contributed by atoms with Crippen LogP contribution in [0.3, 0.4) is 0 Å². The van der Waals surface area contributed by atoms with Crippen molar-refractivity contribution < 1.29 is 14.0 Å². The summed E-state index contributed by atoms with van der Waals surface area (Å²) in [6.45, 7) is 5.37. The predicted octanol–water partition coefficient (Wildman–Crippen LogP) is 3.01. The molecule has 0 N–H and O–H groups in total. The van der Waals surface area contributed by atoms with Gasteiger partial charge in [-0.05, 0) is 56.2 Å². The monoisotopic (exact) mass is 419 g/mol. The zero-order valence-electron chi connectivity index (χ0n) is 17.6. The van der Waals surface area contributed by atoms with Gasteiger partial charge in [-0.15, -0.1) is 0 Å². The average molecular weight is 419 g/mol. The van der Waals surface area contributed by atoms with Gasteiger partial charge in [-0.25, -0.2) is 4.98 Å². The van der Waals surface area contributed by atoms with E-state index in [4.69, 9.17) is 4.42 Å². The third-order valence-electron chi connectivity index (χ3n) is 5.93. The third kappa shape index (κ3) is 3.85. The van der Waals surface area contributed by atoms with Gasteiger partial charge in [0.15, 0.2) is 5.58 Å². The van der Waals surface area contributed by atoms with Crippen LogP contribution >= 0.6 is 0 Å². The van der Waals surface area contributed by atoms with Crippen molar-refractivity contribution in [1.29, 1.82) is 0 Å². The van der Waals surface area contributed by atoms with Crippen LogP contribution in [0.15, 0.2) is 40.8 Å². The number of oxazole rings is 1. The first-order chi connectivity index (χ1) is 15.1. The molecular formula is C23H25N5O3. The first kappa shape index (κ1) is 19.5. The number of aryl methyl sites for hydroxylation is 1. The van der Waals surface area contributed by atoms with E-state index in [2.05, 4.69) is 14.9 Å². The van der Waals surface area contributed by atoms with Crippen molar-refractivity contribution in [2.45, 2.75) is 26.2 Å². The first-order valence-electron chi connectivity index (χ1n) is 10.8. The second-order valence-corrected chi connectivity index (χ2v) is 8.10. The maximum Gasteiger partial charge on any atom is 0.300 e. The highest BCUT2D eigenvalue weighted by atomic mass is 16.4. The summed E-state index contributed by atoms with van der Waals surface area (Å²) in [5, 5.41) is 0. The number of fused-ring (bicyclic) bond motifs is 1. The van der Waals surface area contributed by atoms with Crippen LogP contribution in [-0.4, -0.2) is 59.4 Å². The van der Waals surface area contributed by atoms with E-state index in [-0.39, 0.29) is 11.8 Å². The molecule has 160 valence electrons. The molecule has 0 saturated carbocycles. The van der Waals surface area contributed by atoms with E-state index in [0.717, 1.165) is 37.3 Å². The topological polar surface area (TPSA) is 82.8 Å². The van der Waals surface area contributed by atoms with Gasteiger partial charge in [0, 0.05) is 56.1 Å². The second kappa shape index (κ2) is 8.02. The summed E-state index contributed by atoms with van der Waals surface area (Å²) < 4.78 is 5.89. The summed E-state index contributed by atoms with van der Waals surface area (Å²) >= 11 is 0. The van der Waals surface area contributed by atoms with E-state index in [1.54, 1.807) is 4.90 Å². The van der Waals surface area contributed by atoms with E-state index >= 15 is 0 Å². The fourth-order valence-electron chi connectivity index (χ4n) is 4.24. The quantitative estimate of drug-likeness (QED) is 0.649. The predicted molar refractivity (Wildman–Crippen MR) is 117 cm³/mol. The molecule has 0 unspecified atom stereocenters. The standard InChI is InChI=1S/C23H25N5O3/c1-16-5-10-19-21(24-16)25-23(31-19)27-12-3-11-26(14-15-27)22(30)17-6-8-18(9-7-17)28-13-2-4-20(28)29/h5-10H,2-4,11-15H2,1H3. The van der Waals surface area contributed by atoms with Crippen molar-refractivity contribution >= 4 is 34.7 Å². The van der Waals surface area contributed by atoms with Crippen molar-refractivity contribution in [3.8, 4) is 0 Å². The number of hydrogen-bond acceptors (Lipinski definition) is 6. The zero-order valence-corrected chi connectivity index (χ0v) is 17.6. The van der Waals surface area contributed by atoms with Crippen LogP contribution in [-0.2, 0) is 4.79 Å². The third-order valence-corrected chi connectivity index (χ3v) is 5.93. The van der Waals surface area contributed by atoms with E-state index in [9.17, 15) is 9.59 Å². The van der Waals surface area contributed by atoms with Gasteiger partial charge in [0.05, 0.1) is 0 Å². The van der Waals surface area contributed by atoms with Crippen molar-refractivity contribution in [3.63, 3.8) is 0 Å². The summed E-state index contributed by atoms with van der Waals surface area (Å²) in [6, 6.07) is 11.7. The Hall–Kier alpha value is -3.42. The van der Waals surface area contributed by atoms with Gasteiger partial charge in [-0.2, -0.15) is 4.98 Å². The minimum absolute atomic E-state index is 0.0102. The fraction of sp³-hybridized carbons (Fsp3) is 0.391. The molecule has 5 rings (SSSR count). The normalized spacial score (nSPS) is 17.5.